The predicted octanol–water partition coefficient (Wildman–Crippen LogP) is 4.21. The lowest BCUT2D eigenvalue weighted by Gasteiger charge is -2.08. The molecule has 0 saturated heterocycles. The van der Waals surface area contributed by atoms with Crippen molar-refractivity contribution in [1.29, 1.82) is 0 Å². The van der Waals surface area contributed by atoms with Gasteiger partial charge in [0.25, 0.3) is 0 Å². The Bertz CT molecular complexity index is 619. The van der Waals surface area contributed by atoms with Gasteiger partial charge in [0.2, 0.25) is 0 Å². The Labute approximate surface area is 111 Å². The highest BCUT2D eigenvalue weighted by Gasteiger charge is 2.06. The summed E-state index contributed by atoms with van der Waals surface area (Å²) in [4.78, 5) is 7.58. The molecular formula is C14H15FN2S. The van der Waals surface area contributed by atoms with Gasteiger partial charge in [-0.25, -0.2) is 9.37 Å². The molecule has 0 unspecified atom stereocenters. The fourth-order valence-electron chi connectivity index (χ4n) is 1.93. The molecule has 94 valence electrons. The number of aryl methyl sites for hydroxylation is 2. The van der Waals surface area contributed by atoms with Crippen LogP contribution in [0.4, 0.5) is 4.39 Å². The van der Waals surface area contributed by atoms with Crippen LogP contribution in [0.1, 0.15) is 24.6 Å². The highest BCUT2D eigenvalue weighted by Crippen LogP contribution is 2.21. The van der Waals surface area contributed by atoms with Crippen molar-refractivity contribution in [3.63, 3.8) is 0 Å². The highest BCUT2D eigenvalue weighted by atomic mass is 32.1. The van der Waals surface area contributed by atoms with Crippen LogP contribution >= 0.6 is 12.2 Å². The van der Waals surface area contributed by atoms with Gasteiger partial charge < -0.3 is 4.98 Å². The van der Waals surface area contributed by atoms with Crippen molar-refractivity contribution in [1.82, 2.24) is 9.97 Å². The SMILES string of the molecule is CCCc1cc(=S)nc(-c2ccc(F)cc2C)[nH]1. The minimum Gasteiger partial charge on any atom is -0.343 e. The smallest absolute Gasteiger partial charge is 0.139 e. The summed E-state index contributed by atoms with van der Waals surface area (Å²) >= 11 is 5.17. The van der Waals surface area contributed by atoms with Gasteiger partial charge in [-0.05, 0) is 43.2 Å². The van der Waals surface area contributed by atoms with Crippen molar-refractivity contribution in [2.45, 2.75) is 26.7 Å². The summed E-state index contributed by atoms with van der Waals surface area (Å²) in [7, 11) is 0. The predicted molar refractivity (Wildman–Crippen MR) is 73.5 cm³/mol. The minimum atomic E-state index is -0.237. The first kappa shape index (κ1) is 12.9. The Hall–Kier alpha value is -1.55. The monoisotopic (exact) mass is 262 g/mol. The van der Waals surface area contributed by atoms with Gasteiger partial charge in [0.15, 0.2) is 0 Å². The van der Waals surface area contributed by atoms with Gasteiger partial charge in [0.05, 0.1) is 0 Å². The molecular weight excluding hydrogens is 247 g/mol. The number of hydrogen-bond donors (Lipinski definition) is 1. The van der Waals surface area contributed by atoms with E-state index in [9.17, 15) is 4.39 Å². The Morgan fingerprint density at radius 1 is 1.33 bits per heavy atom. The molecule has 1 aromatic heterocycles. The van der Waals surface area contributed by atoms with Crippen LogP contribution in [0.15, 0.2) is 24.3 Å². The zero-order chi connectivity index (χ0) is 13.1. The van der Waals surface area contributed by atoms with Gasteiger partial charge in [-0.3, -0.25) is 0 Å². The number of H-pyrrole nitrogens is 1. The van der Waals surface area contributed by atoms with Crippen molar-refractivity contribution < 1.29 is 4.39 Å². The van der Waals surface area contributed by atoms with E-state index in [0.717, 1.165) is 29.7 Å². The lowest BCUT2D eigenvalue weighted by Crippen LogP contribution is -1.97. The fraction of sp³-hybridized carbons (Fsp3) is 0.286. The molecule has 2 rings (SSSR count). The van der Waals surface area contributed by atoms with Crippen LogP contribution in [0, 0.1) is 17.4 Å². The molecule has 1 aromatic carbocycles. The number of hydrogen-bond acceptors (Lipinski definition) is 2. The van der Waals surface area contributed by atoms with Gasteiger partial charge in [-0.15, -0.1) is 0 Å². The van der Waals surface area contributed by atoms with E-state index >= 15 is 0 Å². The largest absolute Gasteiger partial charge is 0.343 e. The maximum absolute atomic E-state index is 13.1. The molecule has 1 N–H and O–H groups in total. The Kier molecular flexibility index (Phi) is 3.87. The van der Waals surface area contributed by atoms with E-state index in [4.69, 9.17) is 12.2 Å². The summed E-state index contributed by atoms with van der Waals surface area (Å²) in [5.74, 6) is 0.475. The molecule has 4 heteroatoms. The average Bonchev–Trinajstić information content (AvgIpc) is 2.28. The van der Waals surface area contributed by atoms with Crippen LogP contribution in [0.2, 0.25) is 0 Å². The van der Waals surface area contributed by atoms with Crippen molar-refractivity contribution in [2.75, 3.05) is 0 Å². The molecule has 0 aliphatic heterocycles. The number of halogens is 1. The third-order valence-electron chi connectivity index (χ3n) is 2.76. The van der Waals surface area contributed by atoms with Gasteiger partial charge in [-0.1, -0.05) is 25.6 Å². The quantitative estimate of drug-likeness (QED) is 0.839. The first-order valence-corrected chi connectivity index (χ1v) is 6.37. The van der Waals surface area contributed by atoms with E-state index in [0.29, 0.717) is 10.5 Å². The van der Waals surface area contributed by atoms with Crippen molar-refractivity contribution in [3.05, 3.63) is 46.0 Å². The molecule has 0 spiro atoms. The summed E-state index contributed by atoms with van der Waals surface area (Å²) in [5, 5.41) is 0. The number of rotatable bonds is 3. The molecule has 0 fully saturated rings. The second kappa shape index (κ2) is 5.40. The summed E-state index contributed by atoms with van der Waals surface area (Å²) < 4.78 is 13.7. The molecule has 0 aliphatic rings. The number of benzene rings is 1. The summed E-state index contributed by atoms with van der Waals surface area (Å²) in [6.07, 6.45) is 1.97. The molecule has 0 amide bonds. The zero-order valence-corrected chi connectivity index (χ0v) is 11.3. The Morgan fingerprint density at radius 3 is 2.78 bits per heavy atom. The minimum absolute atomic E-state index is 0.237. The van der Waals surface area contributed by atoms with Gasteiger partial charge >= 0.3 is 0 Å². The number of aromatic amines is 1. The summed E-state index contributed by atoms with van der Waals surface area (Å²) in [6.45, 7) is 3.98. The zero-order valence-electron chi connectivity index (χ0n) is 10.5. The molecule has 2 aromatic rings. The molecule has 0 atom stereocenters. The normalized spacial score (nSPS) is 10.6. The van der Waals surface area contributed by atoms with Gasteiger partial charge in [-0.2, -0.15) is 0 Å². The Balaban J connectivity index is 2.53. The second-order valence-corrected chi connectivity index (χ2v) is 4.72. The molecule has 1 heterocycles. The van der Waals surface area contributed by atoms with Crippen LogP contribution in [0.25, 0.3) is 11.4 Å². The first-order chi connectivity index (χ1) is 8.60. The van der Waals surface area contributed by atoms with E-state index < -0.39 is 0 Å². The lowest BCUT2D eigenvalue weighted by molar-refractivity contribution is 0.627. The average molecular weight is 262 g/mol. The maximum atomic E-state index is 13.1. The summed E-state index contributed by atoms with van der Waals surface area (Å²) in [5.41, 5.74) is 2.80. The molecule has 2 nitrogen and oxygen atoms in total. The van der Waals surface area contributed by atoms with E-state index in [1.807, 2.05) is 13.0 Å². The van der Waals surface area contributed by atoms with E-state index in [1.165, 1.54) is 12.1 Å². The van der Waals surface area contributed by atoms with Crippen LogP contribution in [-0.2, 0) is 6.42 Å². The topological polar surface area (TPSA) is 28.7 Å². The van der Waals surface area contributed by atoms with Crippen LogP contribution < -0.4 is 0 Å². The second-order valence-electron chi connectivity index (χ2n) is 4.30. The molecule has 18 heavy (non-hydrogen) atoms. The number of nitrogens with zero attached hydrogens (tertiary/aromatic N) is 1. The molecule has 0 radical (unpaired) electrons. The highest BCUT2D eigenvalue weighted by molar-refractivity contribution is 7.71. The van der Waals surface area contributed by atoms with Crippen molar-refractivity contribution >= 4 is 12.2 Å². The molecule has 0 aliphatic carbocycles. The third kappa shape index (κ3) is 2.82. The summed E-state index contributed by atoms with van der Waals surface area (Å²) in [6, 6.07) is 6.54. The van der Waals surface area contributed by atoms with Crippen molar-refractivity contribution in [3.8, 4) is 11.4 Å². The van der Waals surface area contributed by atoms with Gasteiger partial charge in [0.1, 0.15) is 16.3 Å². The Morgan fingerprint density at radius 2 is 2.11 bits per heavy atom. The van der Waals surface area contributed by atoms with E-state index in [1.54, 1.807) is 6.07 Å². The van der Waals surface area contributed by atoms with Crippen LogP contribution in [0.3, 0.4) is 0 Å². The standard InChI is InChI=1S/C14H15FN2S/c1-3-4-11-8-13(18)17-14(16-11)12-6-5-10(15)7-9(12)2/h5-8H,3-4H2,1-2H3,(H,16,17,18). The first-order valence-electron chi connectivity index (χ1n) is 5.97. The van der Waals surface area contributed by atoms with Crippen LogP contribution in [-0.4, -0.2) is 9.97 Å². The molecule has 0 saturated carbocycles. The van der Waals surface area contributed by atoms with E-state index in [-0.39, 0.29) is 5.82 Å². The van der Waals surface area contributed by atoms with Crippen molar-refractivity contribution in [2.24, 2.45) is 0 Å². The third-order valence-corrected chi connectivity index (χ3v) is 2.97. The van der Waals surface area contributed by atoms with Crippen LogP contribution in [0.5, 0.6) is 0 Å². The van der Waals surface area contributed by atoms with Gasteiger partial charge in [0, 0.05) is 11.3 Å². The lowest BCUT2D eigenvalue weighted by atomic mass is 10.1. The maximum Gasteiger partial charge on any atom is 0.139 e. The molecule has 0 bridgehead atoms. The van der Waals surface area contributed by atoms with E-state index in [2.05, 4.69) is 16.9 Å². The fourth-order valence-corrected chi connectivity index (χ4v) is 2.17. The number of aromatic nitrogens is 2. The number of nitrogens with one attached hydrogen (secondary N) is 1.